The number of fused-ring (bicyclic) bond motifs is 1. The minimum absolute atomic E-state index is 0.490. The van der Waals surface area contributed by atoms with E-state index >= 15 is 0 Å². The first kappa shape index (κ1) is 14.0. The van der Waals surface area contributed by atoms with Crippen molar-refractivity contribution in [3.8, 4) is 0 Å². The van der Waals surface area contributed by atoms with E-state index in [9.17, 15) is 0 Å². The Balaban J connectivity index is 2.09. The van der Waals surface area contributed by atoms with E-state index < -0.39 is 0 Å². The number of pyridine rings is 1. The van der Waals surface area contributed by atoms with Gasteiger partial charge in [-0.05, 0) is 19.1 Å². The number of rotatable bonds is 2. The molecule has 2 atom stereocenters. The molecule has 0 aliphatic carbocycles. The van der Waals surface area contributed by atoms with Gasteiger partial charge in [0.05, 0.1) is 11.4 Å². The predicted octanol–water partition coefficient (Wildman–Crippen LogP) is 4.30. The van der Waals surface area contributed by atoms with Crippen molar-refractivity contribution in [2.75, 3.05) is 17.2 Å². The van der Waals surface area contributed by atoms with E-state index in [0.717, 1.165) is 29.2 Å². The third-order valence-corrected chi connectivity index (χ3v) is 5.71. The average Bonchev–Trinajstić information content (AvgIpc) is 2.48. The molecule has 0 N–H and O–H groups in total. The van der Waals surface area contributed by atoms with E-state index in [-0.39, 0.29) is 0 Å². The third-order valence-electron chi connectivity index (χ3n) is 4.08. The second kappa shape index (κ2) is 5.82. The van der Waals surface area contributed by atoms with Gasteiger partial charge in [0.15, 0.2) is 0 Å². The molecule has 0 spiro atoms. The summed E-state index contributed by atoms with van der Waals surface area (Å²) in [6.45, 7) is 5.63. The number of aromatic nitrogens is 1. The van der Waals surface area contributed by atoms with E-state index in [4.69, 9.17) is 16.6 Å². The van der Waals surface area contributed by atoms with Gasteiger partial charge >= 0.3 is 0 Å². The van der Waals surface area contributed by atoms with Crippen molar-refractivity contribution >= 4 is 40.1 Å². The summed E-state index contributed by atoms with van der Waals surface area (Å²) >= 11 is 8.20. The number of thioether (sulfide) groups is 1. The van der Waals surface area contributed by atoms with Crippen LogP contribution in [0.15, 0.2) is 30.3 Å². The molecule has 3 rings (SSSR count). The van der Waals surface area contributed by atoms with Gasteiger partial charge in [-0.1, -0.05) is 25.1 Å². The highest BCUT2D eigenvalue weighted by molar-refractivity contribution is 8.00. The van der Waals surface area contributed by atoms with Crippen LogP contribution in [0, 0.1) is 0 Å². The molecular formula is C16H19ClN2S. The number of anilines is 1. The van der Waals surface area contributed by atoms with E-state index in [2.05, 4.69) is 36.9 Å². The molecule has 0 amide bonds. The van der Waals surface area contributed by atoms with Gasteiger partial charge in [-0.15, -0.1) is 11.6 Å². The highest BCUT2D eigenvalue weighted by Gasteiger charge is 2.27. The van der Waals surface area contributed by atoms with Crippen LogP contribution >= 0.6 is 23.4 Å². The van der Waals surface area contributed by atoms with Crippen LogP contribution < -0.4 is 4.90 Å². The zero-order chi connectivity index (χ0) is 14.1. The predicted molar refractivity (Wildman–Crippen MR) is 90.0 cm³/mol. The summed E-state index contributed by atoms with van der Waals surface area (Å²) in [5.74, 6) is 2.73. The van der Waals surface area contributed by atoms with Crippen molar-refractivity contribution in [1.29, 1.82) is 0 Å². The quantitative estimate of drug-likeness (QED) is 0.769. The maximum atomic E-state index is 6.16. The van der Waals surface area contributed by atoms with Gasteiger partial charge < -0.3 is 4.90 Å². The Hall–Kier alpha value is -0.930. The minimum Gasteiger partial charge on any atom is -0.352 e. The number of alkyl halides is 1. The number of nitrogens with zero attached hydrogens (tertiary/aromatic N) is 2. The molecule has 0 radical (unpaired) electrons. The summed E-state index contributed by atoms with van der Waals surface area (Å²) in [4.78, 5) is 7.31. The van der Waals surface area contributed by atoms with Crippen molar-refractivity contribution < 1.29 is 0 Å². The fraction of sp³-hybridized carbons (Fsp3) is 0.438. The van der Waals surface area contributed by atoms with Crippen molar-refractivity contribution in [3.63, 3.8) is 0 Å². The number of halogens is 1. The molecule has 106 valence electrons. The fourth-order valence-corrected chi connectivity index (χ4v) is 4.02. The first-order chi connectivity index (χ1) is 9.70. The third kappa shape index (κ3) is 2.49. The summed E-state index contributed by atoms with van der Waals surface area (Å²) in [5, 5.41) is 1.79. The zero-order valence-electron chi connectivity index (χ0n) is 11.8. The number of hydrogen-bond acceptors (Lipinski definition) is 3. The molecule has 2 unspecified atom stereocenters. The molecule has 20 heavy (non-hydrogen) atoms. The highest BCUT2D eigenvalue weighted by Crippen LogP contribution is 2.32. The second-order valence-electron chi connectivity index (χ2n) is 5.31. The molecule has 2 nitrogen and oxygen atoms in total. The summed E-state index contributed by atoms with van der Waals surface area (Å²) in [6.07, 6.45) is 0. The van der Waals surface area contributed by atoms with Gasteiger partial charge in [-0.25, -0.2) is 4.98 Å². The van der Waals surface area contributed by atoms with Crippen LogP contribution in [0.3, 0.4) is 0 Å². The van der Waals surface area contributed by atoms with Gasteiger partial charge in [0.25, 0.3) is 0 Å². The Bertz CT molecular complexity index is 616. The van der Waals surface area contributed by atoms with Gasteiger partial charge in [0.2, 0.25) is 0 Å². The molecule has 1 fully saturated rings. The first-order valence-electron chi connectivity index (χ1n) is 7.03. The van der Waals surface area contributed by atoms with E-state index in [0.29, 0.717) is 17.2 Å². The van der Waals surface area contributed by atoms with Crippen LogP contribution in [-0.4, -0.2) is 28.6 Å². The minimum atomic E-state index is 0.490. The zero-order valence-corrected chi connectivity index (χ0v) is 13.4. The average molecular weight is 307 g/mol. The second-order valence-corrected chi connectivity index (χ2v) is 7.06. The van der Waals surface area contributed by atoms with Crippen LogP contribution in [0.2, 0.25) is 0 Å². The lowest BCUT2D eigenvalue weighted by Crippen LogP contribution is -2.45. The molecule has 0 saturated carbocycles. The van der Waals surface area contributed by atoms with Crippen molar-refractivity contribution in [3.05, 3.63) is 35.9 Å². The summed E-state index contributed by atoms with van der Waals surface area (Å²) in [7, 11) is 0. The number of hydrogen-bond donors (Lipinski definition) is 0. The Morgan fingerprint density at radius 1 is 1.35 bits per heavy atom. The molecule has 2 heterocycles. The molecule has 1 aromatic carbocycles. The molecule has 1 saturated heterocycles. The molecule has 1 aliphatic rings. The summed E-state index contributed by atoms with van der Waals surface area (Å²) in [6, 6.07) is 10.9. The van der Waals surface area contributed by atoms with Crippen LogP contribution in [0.1, 0.15) is 19.4 Å². The van der Waals surface area contributed by atoms with E-state index in [1.807, 2.05) is 23.9 Å². The van der Waals surface area contributed by atoms with Gasteiger partial charge in [-0.2, -0.15) is 11.8 Å². The molecule has 2 aromatic rings. The van der Waals surface area contributed by atoms with Gasteiger partial charge in [0, 0.05) is 34.5 Å². The Labute approximate surface area is 129 Å². The standard InChI is InChI=1S/C16H19ClN2S/c1-11-12(2)20-8-7-19(11)16-14(10-17)9-13-5-3-4-6-15(13)18-16/h3-6,9,11-12H,7-8,10H2,1-2H3. The monoisotopic (exact) mass is 306 g/mol. The van der Waals surface area contributed by atoms with Crippen LogP contribution in [0.4, 0.5) is 5.82 Å². The molecule has 1 aliphatic heterocycles. The lowest BCUT2D eigenvalue weighted by Gasteiger charge is -2.39. The first-order valence-corrected chi connectivity index (χ1v) is 8.62. The molecular weight excluding hydrogens is 288 g/mol. The molecule has 1 aromatic heterocycles. The van der Waals surface area contributed by atoms with Crippen LogP contribution in [0.25, 0.3) is 10.9 Å². The Kier molecular flexibility index (Phi) is 4.08. The maximum Gasteiger partial charge on any atom is 0.134 e. The smallest absolute Gasteiger partial charge is 0.134 e. The van der Waals surface area contributed by atoms with Crippen molar-refractivity contribution in [2.45, 2.75) is 31.0 Å². The van der Waals surface area contributed by atoms with Crippen LogP contribution in [-0.2, 0) is 5.88 Å². The SMILES string of the molecule is CC1SCCN(c2nc3ccccc3cc2CCl)C1C. The lowest BCUT2D eigenvalue weighted by atomic mass is 10.1. The summed E-state index contributed by atoms with van der Waals surface area (Å²) in [5.41, 5.74) is 2.19. The fourth-order valence-electron chi connectivity index (χ4n) is 2.73. The van der Waals surface area contributed by atoms with Crippen LogP contribution in [0.5, 0.6) is 0 Å². The normalized spacial score (nSPS) is 23.2. The Morgan fingerprint density at radius 2 is 2.15 bits per heavy atom. The van der Waals surface area contributed by atoms with E-state index in [1.54, 1.807) is 0 Å². The molecule has 4 heteroatoms. The number of benzene rings is 1. The largest absolute Gasteiger partial charge is 0.352 e. The van der Waals surface area contributed by atoms with E-state index in [1.165, 1.54) is 5.39 Å². The van der Waals surface area contributed by atoms with Gasteiger partial charge in [-0.3, -0.25) is 0 Å². The topological polar surface area (TPSA) is 16.1 Å². The summed E-state index contributed by atoms with van der Waals surface area (Å²) < 4.78 is 0. The Morgan fingerprint density at radius 3 is 2.95 bits per heavy atom. The maximum absolute atomic E-state index is 6.16. The molecule has 0 bridgehead atoms. The van der Waals surface area contributed by atoms with Crippen molar-refractivity contribution in [1.82, 2.24) is 4.98 Å². The number of para-hydroxylation sites is 1. The van der Waals surface area contributed by atoms with Crippen molar-refractivity contribution in [2.24, 2.45) is 0 Å². The lowest BCUT2D eigenvalue weighted by molar-refractivity contribution is 0.619. The highest BCUT2D eigenvalue weighted by atomic mass is 35.5. The van der Waals surface area contributed by atoms with Gasteiger partial charge in [0.1, 0.15) is 5.82 Å².